The number of hydrogen-bond acceptors (Lipinski definition) is 3. The van der Waals surface area contributed by atoms with E-state index < -0.39 is 30.5 Å². The standard InChI is InChI=1S/C11H17F3O3/c1-7(2)8(15)17-9(10(3,4)5)16-6-11(12,13)14/h9H,1,6H2,2-5H3. The van der Waals surface area contributed by atoms with E-state index >= 15 is 0 Å². The van der Waals surface area contributed by atoms with E-state index in [0.717, 1.165) is 0 Å². The molecule has 0 aromatic heterocycles. The summed E-state index contributed by atoms with van der Waals surface area (Å²) in [5.41, 5.74) is -0.647. The van der Waals surface area contributed by atoms with Crippen molar-refractivity contribution in [2.75, 3.05) is 6.61 Å². The molecule has 0 fully saturated rings. The number of halogens is 3. The summed E-state index contributed by atoms with van der Waals surface area (Å²) in [6.07, 6.45) is -5.73. The third-order valence-electron chi connectivity index (χ3n) is 1.67. The first-order valence-corrected chi connectivity index (χ1v) is 4.98. The molecular formula is C11H17F3O3. The number of alkyl halides is 3. The van der Waals surface area contributed by atoms with E-state index in [2.05, 4.69) is 11.3 Å². The Balaban J connectivity index is 4.57. The highest BCUT2D eigenvalue weighted by Crippen LogP contribution is 2.26. The molecular weight excluding hydrogens is 237 g/mol. The van der Waals surface area contributed by atoms with E-state index in [1.165, 1.54) is 6.92 Å². The van der Waals surface area contributed by atoms with Gasteiger partial charge in [-0.2, -0.15) is 13.2 Å². The summed E-state index contributed by atoms with van der Waals surface area (Å²) in [4.78, 5) is 11.2. The van der Waals surface area contributed by atoms with Crippen molar-refractivity contribution in [1.29, 1.82) is 0 Å². The minimum absolute atomic E-state index is 0.106. The van der Waals surface area contributed by atoms with Crippen LogP contribution in [0.3, 0.4) is 0 Å². The third kappa shape index (κ3) is 6.99. The third-order valence-corrected chi connectivity index (χ3v) is 1.67. The lowest BCUT2D eigenvalue weighted by Crippen LogP contribution is -2.37. The van der Waals surface area contributed by atoms with Crippen LogP contribution in [0.4, 0.5) is 13.2 Å². The highest BCUT2D eigenvalue weighted by Gasteiger charge is 2.35. The van der Waals surface area contributed by atoms with Crippen LogP contribution in [0.2, 0.25) is 0 Å². The van der Waals surface area contributed by atoms with Gasteiger partial charge in [0.15, 0.2) is 0 Å². The van der Waals surface area contributed by atoms with Crippen molar-refractivity contribution in [1.82, 2.24) is 0 Å². The molecule has 3 nitrogen and oxygen atoms in total. The predicted molar refractivity (Wildman–Crippen MR) is 56.2 cm³/mol. The maximum absolute atomic E-state index is 12.0. The Kier molecular flexibility index (Phi) is 5.19. The second-order valence-corrected chi connectivity index (χ2v) is 4.81. The Hall–Kier alpha value is -1.04. The summed E-state index contributed by atoms with van der Waals surface area (Å²) in [6.45, 7) is 8.13. The fourth-order valence-corrected chi connectivity index (χ4v) is 0.829. The lowest BCUT2D eigenvalue weighted by Gasteiger charge is -2.30. The van der Waals surface area contributed by atoms with E-state index in [0.29, 0.717) is 0 Å². The molecule has 0 bridgehead atoms. The van der Waals surface area contributed by atoms with Crippen molar-refractivity contribution in [3.05, 3.63) is 12.2 Å². The first-order chi connectivity index (χ1) is 7.43. The maximum Gasteiger partial charge on any atom is 0.411 e. The summed E-state index contributed by atoms with van der Waals surface area (Å²) in [5, 5.41) is 0. The molecule has 0 aliphatic rings. The predicted octanol–water partition coefficient (Wildman–Crippen LogP) is 3.06. The molecule has 100 valence electrons. The molecule has 0 heterocycles. The highest BCUT2D eigenvalue weighted by molar-refractivity contribution is 5.87. The molecule has 1 unspecified atom stereocenters. The Morgan fingerprint density at radius 2 is 1.76 bits per heavy atom. The van der Waals surface area contributed by atoms with Crippen LogP contribution in [0.1, 0.15) is 27.7 Å². The van der Waals surface area contributed by atoms with Gasteiger partial charge < -0.3 is 9.47 Å². The van der Waals surface area contributed by atoms with Crippen LogP contribution in [-0.2, 0) is 14.3 Å². The molecule has 0 spiro atoms. The Bertz CT molecular complexity index is 289. The smallest absolute Gasteiger partial charge is 0.411 e. The zero-order valence-electron chi connectivity index (χ0n) is 10.4. The molecule has 0 aromatic rings. The maximum atomic E-state index is 12.0. The second-order valence-electron chi connectivity index (χ2n) is 4.81. The van der Waals surface area contributed by atoms with Gasteiger partial charge in [-0.3, -0.25) is 0 Å². The summed E-state index contributed by atoms with van der Waals surface area (Å²) in [7, 11) is 0. The highest BCUT2D eigenvalue weighted by atomic mass is 19.4. The van der Waals surface area contributed by atoms with E-state index in [4.69, 9.17) is 4.74 Å². The molecule has 6 heteroatoms. The number of carbonyl (C=O) groups excluding carboxylic acids is 1. The van der Waals surface area contributed by atoms with E-state index in [1.807, 2.05) is 0 Å². The van der Waals surface area contributed by atoms with Crippen molar-refractivity contribution < 1.29 is 27.4 Å². The van der Waals surface area contributed by atoms with Gasteiger partial charge in [0.1, 0.15) is 6.61 Å². The molecule has 0 N–H and O–H groups in total. The molecule has 0 radical (unpaired) electrons. The monoisotopic (exact) mass is 254 g/mol. The van der Waals surface area contributed by atoms with E-state index in [1.54, 1.807) is 20.8 Å². The first kappa shape index (κ1) is 16.0. The van der Waals surface area contributed by atoms with Gasteiger partial charge >= 0.3 is 12.1 Å². The average molecular weight is 254 g/mol. The minimum Gasteiger partial charge on any atom is -0.432 e. The molecule has 0 saturated heterocycles. The average Bonchev–Trinajstić information content (AvgIpc) is 2.07. The van der Waals surface area contributed by atoms with E-state index in [9.17, 15) is 18.0 Å². The van der Waals surface area contributed by atoms with Gasteiger partial charge in [-0.25, -0.2) is 4.79 Å². The normalized spacial score (nSPS) is 14.3. The Morgan fingerprint density at radius 1 is 1.29 bits per heavy atom. The van der Waals surface area contributed by atoms with Gasteiger partial charge in [0.25, 0.3) is 0 Å². The molecule has 0 aromatic carbocycles. The molecule has 0 saturated carbocycles. The van der Waals surface area contributed by atoms with Gasteiger partial charge in [0.2, 0.25) is 6.29 Å². The summed E-state index contributed by atoms with van der Waals surface area (Å²) in [5.74, 6) is -0.771. The SMILES string of the molecule is C=C(C)C(=O)OC(OCC(F)(F)F)C(C)(C)C. The second kappa shape index (κ2) is 5.53. The summed E-state index contributed by atoms with van der Waals surface area (Å²) < 4.78 is 45.4. The minimum atomic E-state index is -4.46. The fourth-order valence-electron chi connectivity index (χ4n) is 0.829. The zero-order chi connectivity index (χ0) is 13.9. The number of ether oxygens (including phenoxy) is 2. The van der Waals surface area contributed by atoms with Gasteiger partial charge in [0.05, 0.1) is 0 Å². The van der Waals surface area contributed by atoms with Gasteiger partial charge in [-0.05, 0) is 6.92 Å². The lowest BCUT2D eigenvalue weighted by molar-refractivity contribution is -0.247. The van der Waals surface area contributed by atoms with Crippen molar-refractivity contribution in [2.45, 2.75) is 40.2 Å². The van der Waals surface area contributed by atoms with Crippen molar-refractivity contribution >= 4 is 5.97 Å². The van der Waals surface area contributed by atoms with Gasteiger partial charge in [-0.1, -0.05) is 27.4 Å². The number of rotatable bonds is 4. The van der Waals surface area contributed by atoms with Crippen molar-refractivity contribution in [3.8, 4) is 0 Å². The lowest BCUT2D eigenvalue weighted by atomic mass is 9.96. The zero-order valence-corrected chi connectivity index (χ0v) is 10.4. The van der Waals surface area contributed by atoms with E-state index in [-0.39, 0.29) is 5.57 Å². The molecule has 0 aliphatic carbocycles. The molecule has 0 aliphatic heterocycles. The van der Waals surface area contributed by atoms with Gasteiger partial charge in [-0.15, -0.1) is 0 Å². The van der Waals surface area contributed by atoms with Crippen LogP contribution >= 0.6 is 0 Å². The summed E-state index contributed by atoms with van der Waals surface area (Å²) in [6, 6.07) is 0. The largest absolute Gasteiger partial charge is 0.432 e. The van der Waals surface area contributed by atoms with Crippen LogP contribution in [0.15, 0.2) is 12.2 Å². The molecule has 0 amide bonds. The topological polar surface area (TPSA) is 35.5 Å². The van der Waals surface area contributed by atoms with Crippen LogP contribution in [0.5, 0.6) is 0 Å². The molecule has 1 atom stereocenters. The summed E-state index contributed by atoms with van der Waals surface area (Å²) >= 11 is 0. The van der Waals surface area contributed by atoms with Crippen molar-refractivity contribution in [3.63, 3.8) is 0 Å². The van der Waals surface area contributed by atoms with Crippen LogP contribution in [0, 0.1) is 5.41 Å². The quantitative estimate of drug-likeness (QED) is 0.439. The van der Waals surface area contributed by atoms with Crippen molar-refractivity contribution in [2.24, 2.45) is 5.41 Å². The number of hydrogen-bond donors (Lipinski definition) is 0. The number of carbonyl (C=O) groups is 1. The fraction of sp³-hybridized carbons (Fsp3) is 0.727. The molecule has 17 heavy (non-hydrogen) atoms. The molecule has 0 rings (SSSR count). The van der Waals surface area contributed by atoms with Crippen LogP contribution in [0.25, 0.3) is 0 Å². The van der Waals surface area contributed by atoms with Crippen LogP contribution in [-0.4, -0.2) is 25.0 Å². The van der Waals surface area contributed by atoms with Crippen LogP contribution < -0.4 is 0 Å². The number of esters is 1. The van der Waals surface area contributed by atoms with Gasteiger partial charge in [0, 0.05) is 11.0 Å². The first-order valence-electron chi connectivity index (χ1n) is 4.98. The Labute approximate surface area is 98.6 Å². The Morgan fingerprint density at radius 3 is 2.06 bits per heavy atom.